The first-order valence-corrected chi connectivity index (χ1v) is 6.22. The summed E-state index contributed by atoms with van der Waals surface area (Å²) in [5, 5.41) is 0. The van der Waals surface area contributed by atoms with Crippen LogP contribution in [0.25, 0.3) is 0 Å². The second kappa shape index (κ2) is 5.90. The molecule has 0 aliphatic heterocycles. The van der Waals surface area contributed by atoms with E-state index in [-0.39, 0.29) is 18.0 Å². The van der Waals surface area contributed by atoms with E-state index in [1.165, 1.54) is 19.4 Å². The molecule has 16 heavy (non-hydrogen) atoms. The first-order valence-electron chi connectivity index (χ1n) is 4.74. The van der Waals surface area contributed by atoms with Crippen molar-refractivity contribution in [2.75, 3.05) is 20.3 Å². The predicted molar refractivity (Wildman–Crippen MR) is 59.2 cm³/mol. The second-order valence-electron chi connectivity index (χ2n) is 3.08. The SMILES string of the molecule is COCCNS(=O)(=O)c1ccc(CN)nc1. The Bertz CT molecular complexity index is 416. The van der Waals surface area contributed by atoms with Crippen LogP contribution in [0.3, 0.4) is 0 Å². The largest absolute Gasteiger partial charge is 0.383 e. The minimum atomic E-state index is -3.49. The van der Waals surface area contributed by atoms with Gasteiger partial charge < -0.3 is 10.5 Å². The highest BCUT2D eigenvalue weighted by Gasteiger charge is 2.13. The molecule has 0 fully saturated rings. The van der Waals surface area contributed by atoms with Crippen LogP contribution in [0.2, 0.25) is 0 Å². The number of ether oxygens (including phenoxy) is 1. The third-order valence-corrected chi connectivity index (χ3v) is 3.36. The first-order chi connectivity index (χ1) is 7.60. The van der Waals surface area contributed by atoms with E-state index in [9.17, 15) is 8.42 Å². The fourth-order valence-electron chi connectivity index (χ4n) is 1.05. The van der Waals surface area contributed by atoms with Crippen LogP contribution in [-0.4, -0.2) is 33.7 Å². The van der Waals surface area contributed by atoms with Crippen molar-refractivity contribution in [3.05, 3.63) is 24.0 Å². The van der Waals surface area contributed by atoms with Gasteiger partial charge in [-0.25, -0.2) is 13.1 Å². The smallest absolute Gasteiger partial charge is 0.242 e. The van der Waals surface area contributed by atoms with Gasteiger partial charge in [0.15, 0.2) is 0 Å². The van der Waals surface area contributed by atoms with E-state index in [4.69, 9.17) is 10.5 Å². The molecular weight excluding hydrogens is 230 g/mol. The van der Waals surface area contributed by atoms with Gasteiger partial charge in [0.2, 0.25) is 10.0 Å². The van der Waals surface area contributed by atoms with E-state index in [0.717, 1.165) is 0 Å². The number of nitrogens with one attached hydrogen (secondary N) is 1. The molecule has 0 spiro atoms. The van der Waals surface area contributed by atoms with Crippen molar-refractivity contribution in [1.82, 2.24) is 9.71 Å². The van der Waals surface area contributed by atoms with Gasteiger partial charge in [-0.3, -0.25) is 4.98 Å². The zero-order valence-electron chi connectivity index (χ0n) is 9.01. The Hall–Kier alpha value is -1.02. The molecule has 0 saturated heterocycles. The summed E-state index contributed by atoms with van der Waals surface area (Å²) in [4.78, 5) is 4.04. The lowest BCUT2D eigenvalue weighted by Crippen LogP contribution is -2.27. The molecule has 1 aromatic rings. The van der Waals surface area contributed by atoms with Crippen molar-refractivity contribution in [1.29, 1.82) is 0 Å². The Labute approximate surface area is 94.9 Å². The van der Waals surface area contributed by atoms with Crippen LogP contribution in [0.15, 0.2) is 23.2 Å². The molecule has 0 bridgehead atoms. The molecule has 0 aliphatic rings. The standard InChI is InChI=1S/C9H15N3O3S/c1-15-5-4-12-16(13,14)9-3-2-8(6-10)11-7-9/h2-3,7,12H,4-6,10H2,1H3. The van der Waals surface area contributed by atoms with Crippen LogP contribution in [0.1, 0.15) is 5.69 Å². The minimum Gasteiger partial charge on any atom is -0.383 e. The average Bonchev–Trinajstić information content (AvgIpc) is 2.29. The lowest BCUT2D eigenvalue weighted by atomic mass is 10.4. The molecule has 0 atom stereocenters. The van der Waals surface area contributed by atoms with Crippen LogP contribution >= 0.6 is 0 Å². The van der Waals surface area contributed by atoms with Crippen molar-refractivity contribution >= 4 is 10.0 Å². The normalized spacial score (nSPS) is 11.6. The summed E-state index contributed by atoms with van der Waals surface area (Å²) in [6.45, 7) is 0.850. The summed E-state index contributed by atoms with van der Waals surface area (Å²) in [6, 6.07) is 3.06. The topological polar surface area (TPSA) is 94.3 Å². The Balaban J connectivity index is 2.74. The van der Waals surface area contributed by atoms with E-state index in [1.54, 1.807) is 6.07 Å². The van der Waals surface area contributed by atoms with Gasteiger partial charge in [-0.05, 0) is 12.1 Å². The van der Waals surface area contributed by atoms with Crippen LogP contribution in [0.5, 0.6) is 0 Å². The number of nitrogens with two attached hydrogens (primary N) is 1. The summed E-state index contributed by atoms with van der Waals surface area (Å²) in [7, 11) is -1.98. The van der Waals surface area contributed by atoms with Crippen LogP contribution in [0, 0.1) is 0 Å². The molecule has 90 valence electrons. The zero-order valence-corrected chi connectivity index (χ0v) is 9.83. The molecule has 6 nitrogen and oxygen atoms in total. The van der Waals surface area contributed by atoms with Crippen molar-refractivity contribution in [3.8, 4) is 0 Å². The molecule has 0 radical (unpaired) electrons. The van der Waals surface area contributed by atoms with Gasteiger partial charge in [0, 0.05) is 26.4 Å². The van der Waals surface area contributed by atoms with E-state index in [2.05, 4.69) is 9.71 Å². The van der Waals surface area contributed by atoms with Crippen LogP contribution in [0.4, 0.5) is 0 Å². The van der Waals surface area contributed by atoms with Gasteiger partial charge in [-0.15, -0.1) is 0 Å². The lowest BCUT2D eigenvalue weighted by Gasteiger charge is -2.06. The molecule has 0 unspecified atom stereocenters. The summed E-state index contributed by atoms with van der Waals surface area (Å²) in [6.07, 6.45) is 1.29. The maximum absolute atomic E-state index is 11.7. The quantitative estimate of drug-likeness (QED) is 0.657. The number of rotatable bonds is 6. The maximum Gasteiger partial charge on any atom is 0.242 e. The number of nitrogens with zero attached hydrogens (tertiary/aromatic N) is 1. The number of hydrogen-bond acceptors (Lipinski definition) is 5. The Morgan fingerprint density at radius 2 is 2.25 bits per heavy atom. The molecule has 3 N–H and O–H groups in total. The van der Waals surface area contributed by atoms with Gasteiger partial charge in [0.05, 0.1) is 12.3 Å². The summed E-state index contributed by atoms with van der Waals surface area (Å²) < 4.78 is 30.5. The fourth-order valence-corrected chi connectivity index (χ4v) is 2.01. The molecular formula is C9H15N3O3S. The molecule has 1 aromatic heterocycles. The van der Waals surface area contributed by atoms with Crippen LogP contribution < -0.4 is 10.5 Å². The number of hydrogen-bond donors (Lipinski definition) is 2. The lowest BCUT2D eigenvalue weighted by molar-refractivity contribution is 0.204. The summed E-state index contributed by atoms with van der Waals surface area (Å²) >= 11 is 0. The molecule has 0 aromatic carbocycles. The number of sulfonamides is 1. The predicted octanol–water partition coefficient (Wildman–Crippen LogP) is -0.535. The maximum atomic E-state index is 11.7. The molecule has 1 heterocycles. The van der Waals surface area contributed by atoms with Gasteiger partial charge >= 0.3 is 0 Å². The second-order valence-corrected chi connectivity index (χ2v) is 4.85. The Morgan fingerprint density at radius 3 is 2.75 bits per heavy atom. The number of aromatic nitrogens is 1. The van der Waals surface area contributed by atoms with E-state index in [1.807, 2.05) is 0 Å². The highest BCUT2D eigenvalue weighted by Crippen LogP contribution is 2.06. The minimum absolute atomic E-state index is 0.126. The molecule has 0 aliphatic carbocycles. The van der Waals surface area contributed by atoms with Crippen molar-refractivity contribution in [2.45, 2.75) is 11.4 Å². The Morgan fingerprint density at radius 1 is 1.50 bits per heavy atom. The fraction of sp³-hybridized carbons (Fsp3) is 0.444. The van der Waals surface area contributed by atoms with Gasteiger partial charge in [-0.2, -0.15) is 0 Å². The van der Waals surface area contributed by atoms with Crippen molar-refractivity contribution in [2.24, 2.45) is 5.73 Å². The summed E-state index contributed by atoms with van der Waals surface area (Å²) in [5.74, 6) is 0. The molecule has 7 heteroatoms. The Kier molecular flexibility index (Phi) is 4.81. The first kappa shape index (κ1) is 13.0. The zero-order chi connectivity index (χ0) is 12.0. The van der Waals surface area contributed by atoms with E-state index < -0.39 is 10.0 Å². The molecule has 0 saturated carbocycles. The third kappa shape index (κ3) is 3.53. The number of pyridine rings is 1. The van der Waals surface area contributed by atoms with Gasteiger partial charge in [0.25, 0.3) is 0 Å². The van der Waals surface area contributed by atoms with E-state index >= 15 is 0 Å². The van der Waals surface area contributed by atoms with Crippen molar-refractivity contribution < 1.29 is 13.2 Å². The highest BCUT2D eigenvalue weighted by atomic mass is 32.2. The third-order valence-electron chi connectivity index (χ3n) is 1.92. The van der Waals surface area contributed by atoms with Crippen LogP contribution in [-0.2, 0) is 21.3 Å². The monoisotopic (exact) mass is 245 g/mol. The number of methoxy groups -OCH3 is 1. The molecule has 0 amide bonds. The summed E-state index contributed by atoms with van der Waals surface area (Å²) in [5.41, 5.74) is 6.01. The van der Waals surface area contributed by atoms with Gasteiger partial charge in [-0.1, -0.05) is 0 Å². The molecule has 1 rings (SSSR count). The van der Waals surface area contributed by atoms with Gasteiger partial charge in [0.1, 0.15) is 4.90 Å². The highest BCUT2D eigenvalue weighted by molar-refractivity contribution is 7.89. The van der Waals surface area contributed by atoms with E-state index in [0.29, 0.717) is 12.3 Å². The van der Waals surface area contributed by atoms with Crippen molar-refractivity contribution in [3.63, 3.8) is 0 Å². The average molecular weight is 245 g/mol.